The Labute approximate surface area is 266 Å². The Kier molecular flexibility index (Phi) is 9.46. The highest BCUT2D eigenvalue weighted by atomic mass is 16.6. The zero-order valence-corrected chi connectivity index (χ0v) is 27.5. The minimum absolute atomic E-state index is 0.0451. The molecule has 8 atom stereocenters. The van der Waals surface area contributed by atoms with E-state index in [4.69, 9.17) is 18.9 Å². The van der Waals surface area contributed by atoms with Crippen molar-refractivity contribution < 1.29 is 38.1 Å². The SMILES string of the molecule is CCCC(=O)OC[C@H]1C[C@]2(OC(=O)/C=C/c3ccccc3)C(=O)/C(C)=C/[C@@H]3[C@H](CC[C@@]4(C)O[C@@H]4[C@H]2[C@H]1OC(=O)CCC)C3(C)C. The fraction of sp³-hybridized carbons (Fsp3) is 0.622. The summed E-state index contributed by atoms with van der Waals surface area (Å²) in [7, 11) is 0. The monoisotopic (exact) mass is 620 g/mol. The molecule has 1 saturated heterocycles. The van der Waals surface area contributed by atoms with E-state index in [9.17, 15) is 19.2 Å². The van der Waals surface area contributed by atoms with E-state index >= 15 is 0 Å². The molecule has 1 aromatic rings. The van der Waals surface area contributed by atoms with Crippen LogP contribution in [-0.2, 0) is 38.1 Å². The van der Waals surface area contributed by atoms with Crippen LogP contribution in [0, 0.1) is 29.1 Å². The van der Waals surface area contributed by atoms with E-state index in [2.05, 4.69) is 13.8 Å². The fourth-order valence-electron chi connectivity index (χ4n) is 7.87. The van der Waals surface area contributed by atoms with Crippen LogP contribution in [0.3, 0.4) is 0 Å². The van der Waals surface area contributed by atoms with E-state index in [1.807, 2.05) is 57.2 Å². The van der Waals surface area contributed by atoms with Gasteiger partial charge in [-0.3, -0.25) is 14.4 Å². The van der Waals surface area contributed by atoms with Crippen LogP contribution in [0.5, 0.6) is 0 Å². The lowest BCUT2D eigenvalue weighted by atomic mass is 9.77. The maximum Gasteiger partial charge on any atom is 0.331 e. The number of epoxide rings is 1. The van der Waals surface area contributed by atoms with Crippen molar-refractivity contribution in [3.63, 3.8) is 0 Å². The molecular formula is C37H48O8. The van der Waals surface area contributed by atoms with Gasteiger partial charge in [0.25, 0.3) is 0 Å². The zero-order valence-electron chi connectivity index (χ0n) is 27.5. The Morgan fingerprint density at radius 1 is 1.02 bits per heavy atom. The highest BCUT2D eigenvalue weighted by Gasteiger charge is 2.73. The summed E-state index contributed by atoms with van der Waals surface area (Å²) in [6, 6.07) is 9.37. The highest BCUT2D eigenvalue weighted by Crippen LogP contribution is 2.65. The van der Waals surface area contributed by atoms with E-state index < -0.39 is 47.2 Å². The van der Waals surface area contributed by atoms with Crippen LogP contribution < -0.4 is 0 Å². The second-order valence-electron chi connectivity index (χ2n) is 14.2. The first-order chi connectivity index (χ1) is 21.4. The lowest BCUT2D eigenvalue weighted by molar-refractivity contribution is -0.172. The minimum Gasteiger partial charge on any atom is -0.465 e. The van der Waals surface area contributed by atoms with E-state index in [-0.39, 0.29) is 49.0 Å². The molecular weight excluding hydrogens is 572 g/mol. The van der Waals surface area contributed by atoms with Gasteiger partial charge in [0.1, 0.15) is 6.10 Å². The molecule has 5 rings (SSSR count). The fourth-order valence-corrected chi connectivity index (χ4v) is 7.87. The summed E-state index contributed by atoms with van der Waals surface area (Å²) in [5.74, 6) is -2.46. The molecule has 4 aliphatic rings. The van der Waals surface area contributed by atoms with Crippen molar-refractivity contribution in [3.8, 4) is 0 Å². The molecule has 0 unspecified atom stereocenters. The maximum atomic E-state index is 14.8. The molecule has 45 heavy (non-hydrogen) atoms. The maximum absolute atomic E-state index is 14.8. The standard InChI is InChI=1S/C37H48O8/c1-7-12-28(38)42-22-25-21-37(44-30(40)17-16-24-14-10-9-11-15-24)31(32(25)43-29(39)13-8-2)34-36(6,45-34)19-18-26-27(35(26,4)5)20-23(3)33(37)41/h9-11,14-17,20,25-27,31-32,34H,7-8,12-13,18-19,21-22H2,1-6H3/b17-16+,23-20+/t25-,26+,27-,31-,32+,34-,36-,37-/m1/s1. The van der Waals surface area contributed by atoms with Gasteiger partial charge in [0.05, 0.1) is 24.2 Å². The molecule has 0 radical (unpaired) electrons. The first-order valence-electron chi connectivity index (χ1n) is 16.6. The van der Waals surface area contributed by atoms with Crippen molar-refractivity contribution in [2.24, 2.45) is 29.1 Å². The van der Waals surface area contributed by atoms with Gasteiger partial charge in [-0.15, -0.1) is 0 Å². The van der Waals surface area contributed by atoms with Crippen molar-refractivity contribution in [3.05, 3.63) is 53.6 Å². The first-order valence-corrected chi connectivity index (χ1v) is 16.6. The van der Waals surface area contributed by atoms with Crippen molar-refractivity contribution >= 4 is 29.8 Å². The van der Waals surface area contributed by atoms with Gasteiger partial charge in [-0.25, -0.2) is 4.79 Å². The molecule has 1 heterocycles. The third-order valence-electron chi connectivity index (χ3n) is 10.6. The summed E-state index contributed by atoms with van der Waals surface area (Å²) < 4.78 is 24.6. The Morgan fingerprint density at radius 2 is 1.71 bits per heavy atom. The van der Waals surface area contributed by atoms with Crippen LogP contribution in [0.1, 0.15) is 92.1 Å². The van der Waals surface area contributed by atoms with Crippen LogP contribution in [0.25, 0.3) is 6.08 Å². The van der Waals surface area contributed by atoms with Gasteiger partial charge < -0.3 is 18.9 Å². The van der Waals surface area contributed by atoms with Gasteiger partial charge in [-0.1, -0.05) is 64.1 Å². The topological polar surface area (TPSA) is 108 Å². The van der Waals surface area contributed by atoms with E-state index in [1.165, 1.54) is 6.08 Å². The number of fused-ring (bicyclic) bond motifs is 4. The summed E-state index contributed by atoms with van der Waals surface area (Å²) in [4.78, 5) is 54.0. The number of hydrogen-bond acceptors (Lipinski definition) is 8. The molecule has 0 N–H and O–H groups in total. The average molecular weight is 621 g/mol. The third kappa shape index (κ3) is 6.67. The molecule has 3 fully saturated rings. The summed E-state index contributed by atoms with van der Waals surface area (Å²) in [5.41, 5.74) is -0.877. The Bertz CT molecular complexity index is 1360. The van der Waals surface area contributed by atoms with E-state index in [0.717, 1.165) is 18.4 Å². The predicted octanol–water partition coefficient (Wildman–Crippen LogP) is 6.41. The van der Waals surface area contributed by atoms with Crippen LogP contribution in [0.4, 0.5) is 0 Å². The van der Waals surface area contributed by atoms with Crippen LogP contribution in [0.2, 0.25) is 0 Å². The lowest BCUT2D eigenvalue weighted by Crippen LogP contribution is -2.52. The zero-order chi connectivity index (χ0) is 32.6. The van der Waals surface area contributed by atoms with Crippen LogP contribution in [0.15, 0.2) is 48.1 Å². The van der Waals surface area contributed by atoms with Crippen LogP contribution in [-0.4, -0.2) is 53.7 Å². The molecule has 0 bridgehead atoms. The summed E-state index contributed by atoms with van der Waals surface area (Å²) in [6.45, 7) is 12.0. The molecule has 244 valence electrons. The third-order valence-corrected chi connectivity index (χ3v) is 10.6. The van der Waals surface area contributed by atoms with Crippen molar-refractivity contribution in [2.75, 3.05) is 6.61 Å². The second-order valence-corrected chi connectivity index (χ2v) is 14.2. The number of carbonyl (C=O) groups excluding carboxylic acids is 4. The smallest absolute Gasteiger partial charge is 0.331 e. The number of hydrogen-bond donors (Lipinski definition) is 0. The first kappa shape index (κ1) is 33.1. The lowest BCUT2D eigenvalue weighted by Gasteiger charge is -2.35. The molecule has 1 aromatic carbocycles. The minimum atomic E-state index is -1.68. The molecule has 0 spiro atoms. The quantitative estimate of drug-likeness (QED) is 0.128. The summed E-state index contributed by atoms with van der Waals surface area (Å²) in [5, 5.41) is 0. The average Bonchev–Trinajstić information content (AvgIpc) is 3.76. The molecule has 8 heteroatoms. The number of esters is 3. The highest BCUT2D eigenvalue weighted by molar-refractivity contribution is 6.04. The van der Waals surface area contributed by atoms with Gasteiger partial charge >= 0.3 is 17.9 Å². The molecule has 2 saturated carbocycles. The van der Waals surface area contributed by atoms with Gasteiger partial charge in [-0.05, 0) is 74.0 Å². The molecule has 1 aliphatic heterocycles. The number of Topliss-reactive ketones (excluding diaryl/α,β-unsaturated/α-hetero) is 1. The molecule has 8 nitrogen and oxygen atoms in total. The van der Waals surface area contributed by atoms with Gasteiger partial charge in [0, 0.05) is 31.3 Å². The number of allylic oxidation sites excluding steroid dienone is 1. The predicted molar refractivity (Wildman–Crippen MR) is 169 cm³/mol. The van der Waals surface area contributed by atoms with Crippen molar-refractivity contribution in [1.82, 2.24) is 0 Å². The Morgan fingerprint density at radius 3 is 2.40 bits per heavy atom. The number of rotatable bonds is 10. The number of benzene rings is 1. The van der Waals surface area contributed by atoms with E-state index in [0.29, 0.717) is 24.3 Å². The largest absolute Gasteiger partial charge is 0.465 e. The van der Waals surface area contributed by atoms with Gasteiger partial charge in [0.2, 0.25) is 5.78 Å². The number of ketones is 1. The second kappa shape index (κ2) is 12.9. The molecule has 0 aromatic heterocycles. The molecule has 0 amide bonds. The normalized spacial score (nSPS) is 36.0. The van der Waals surface area contributed by atoms with Crippen molar-refractivity contribution in [2.45, 2.75) is 110 Å². The van der Waals surface area contributed by atoms with E-state index in [1.54, 1.807) is 13.0 Å². The Balaban J connectivity index is 1.59. The van der Waals surface area contributed by atoms with Crippen LogP contribution >= 0.6 is 0 Å². The number of carbonyl (C=O) groups is 4. The molecule has 3 aliphatic carbocycles. The Hall–Kier alpha value is -3.26. The number of ether oxygens (including phenoxy) is 4. The van der Waals surface area contributed by atoms with Gasteiger partial charge in [-0.2, -0.15) is 0 Å². The summed E-state index contributed by atoms with van der Waals surface area (Å²) >= 11 is 0. The van der Waals surface area contributed by atoms with Gasteiger partial charge in [0.15, 0.2) is 5.60 Å². The van der Waals surface area contributed by atoms with Crippen molar-refractivity contribution in [1.29, 1.82) is 0 Å². The summed E-state index contributed by atoms with van der Waals surface area (Å²) in [6.07, 6.45) is 7.11.